The van der Waals surface area contributed by atoms with E-state index in [2.05, 4.69) is 45.1 Å². The first-order valence-electron chi connectivity index (χ1n) is 18.0. The smallest absolute Gasteiger partial charge is 0.289 e. The van der Waals surface area contributed by atoms with Gasteiger partial charge in [0.25, 0.3) is 11.8 Å². The van der Waals surface area contributed by atoms with Crippen LogP contribution in [0.5, 0.6) is 0 Å². The number of Topliss-reactive ketones (excluding diaryl/α,β-unsaturated/α-hetero) is 1. The van der Waals surface area contributed by atoms with E-state index >= 15 is 0 Å². The molecule has 4 N–H and O–H groups in total. The van der Waals surface area contributed by atoms with Crippen molar-refractivity contribution < 1.29 is 28.8 Å². The van der Waals surface area contributed by atoms with Crippen LogP contribution in [0.1, 0.15) is 110 Å². The molecule has 49 heavy (non-hydrogen) atoms. The number of fused-ring (bicyclic) bond motifs is 1. The number of nitrogens with one attached hydrogen (secondary N) is 4. The molecule has 1 aliphatic heterocycles. The average molecular weight is 680 g/mol. The molecule has 5 amide bonds. The van der Waals surface area contributed by atoms with Crippen LogP contribution in [0.15, 0.2) is 18.6 Å². The summed E-state index contributed by atoms with van der Waals surface area (Å²) in [5, 5.41) is 11.4. The van der Waals surface area contributed by atoms with Crippen molar-refractivity contribution in [3.8, 4) is 0 Å². The fourth-order valence-corrected chi connectivity index (χ4v) is 7.81. The Balaban J connectivity index is 1.35. The van der Waals surface area contributed by atoms with Gasteiger partial charge in [-0.25, -0.2) is 4.98 Å². The lowest BCUT2D eigenvalue weighted by Crippen LogP contribution is -2.63. The maximum atomic E-state index is 14.5. The van der Waals surface area contributed by atoms with E-state index < -0.39 is 64.9 Å². The monoisotopic (exact) mass is 679 g/mol. The number of amides is 5. The number of hydrogen-bond acceptors (Lipinski definition) is 8. The minimum atomic E-state index is -1.01. The SMILES string of the molecule is CCC[C@H](NC(=O)[C@@H]1C2C(CN1C(=O)[C@@H](NC(=O)[C@@H](NC(=O)c1cnccn1)C1CCCCC1)C(C)(C)C)C2(C)C)C(=O)C(=O)NC1CC1. The summed E-state index contributed by atoms with van der Waals surface area (Å²) in [6, 6.07) is -3.75. The summed E-state index contributed by atoms with van der Waals surface area (Å²) in [4.78, 5) is 91.2. The number of piperidine rings is 1. The zero-order valence-electron chi connectivity index (χ0n) is 29.7. The van der Waals surface area contributed by atoms with E-state index in [4.69, 9.17) is 0 Å². The maximum Gasteiger partial charge on any atom is 0.289 e. The van der Waals surface area contributed by atoms with Gasteiger partial charge in [0, 0.05) is 25.0 Å². The molecule has 6 atom stereocenters. The Kier molecular flexibility index (Phi) is 10.8. The number of carbonyl (C=O) groups is 6. The van der Waals surface area contributed by atoms with Crippen molar-refractivity contribution in [1.29, 1.82) is 0 Å². The number of rotatable bonds is 13. The summed E-state index contributed by atoms with van der Waals surface area (Å²) >= 11 is 0. The van der Waals surface area contributed by atoms with Crippen LogP contribution in [-0.2, 0) is 24.0 Å². The van der Waals surface area contributed by atoms with E-state index in [9.17, 15) is 28.8 Å². The molecular weight excluding hydrogens is 626 g/mol. The van der Waals surface area contributed by atoms with Crippen molar-refractivity contribution >= 4 is 35.3 Å². The lowest BCUT2D eigenvalue weighted by Gasteiger charge is -2.39. The molecule has 268 valence electrons. The first kappa shape index (κ1) is 36.4. The summed E-state index contributed by atoms with van der Waals surface area (Å²) in [5.41, 5.74) is -0.843. The van der Waals surface area contributed by atoms with Crippen LogP contribution in [0.4, 0.5) is 0 Å². The summed E-state index contributed by atoms with van der Waals surface area (Å²) in [6.45, 7) is 11.9. The standard InChI is InChI=1S/C36H53N7O6/c1-7-11-23(28(44)33(48)39-21-14-15-21)40-32(47)27-25-22(36(25,5)6)19-43(27)34(49)29(35(2,3)4)42-31(46)26(20-12-9-8-10-13-20)41-30(45)24-18-37-16-17-38-24/h16-18,20-23,25-27,29H,7-15,19H2,1-6H3,(H,39,48)(H,40,47)(H,41,45)(H,42,46)/t22?,23-,25?,26-,27-,29+/m0/s1. The highest BCUT2D eigenvalue weighted by atomic mass is 16.2. The maximum absolute atomic E-state index is 14.5. The predicted molar refractivity (Wildman–Crippen MR) is 181 cm³/mol. The molecule has 3 aliphatic carbocycles. The van der Waals surface area contributed by atoms with Crippen LogP contribution in [-0.4, -0.2) is 86.9 Å². The molecule has 2 heterocycles. The van der Waals surface area contributed by atoms with E-state index in [1.807, 2.05) is 27.7 Å². The highest BCUT2D eigenvalue weighted by Crippen LogP contribution is 2.65. The van der Waals surface area contributed by atoms with Gasteiger partial charge < -0.3 is 26.2 Å². The molecular formula is C36H53N7O6. The lowest BCUT2D eigenvalue weighted by molar-refractivity contribution is -0.147. The molecule has 13 heteroatoms. The quantitative estimate of drug-likeness (QED) is 0.229. The first-order chi connectivity index (χ1) is 23.1. The third-order valence-electron chi connectivity index (χ3n) is 11.0. The summed E-state index contributed by atoms with van der Waals surface area (Å²) < 4.78 is 0. The van der Waals surface area contributed by atoms with Gasteiger partial charge in [-0.2, -0.15) is 0 Å². The van der Waals surface area contributed by atoms with Crippen molar-refractivity contribution in [1.82, 2.24) is 36.1 Å². The van der Waals surface area contributed by atoms with Crippen LogP contribution in [0.2, 0.25) is 0 Å². The van der Waals surface area contributed by atoms with Gasteiger partial charge in [0.2, 0.25) is 23.5 Å². The third kappa shape index (κ3) is 8.12. The topological polar surface area (TPSA) is 180 Å². The number of likely N-dealkylation sites (tertiary alicyclic amines) is 1. The largest absolute Gasteiger partial charge is 0.347 e. The van der Waals surface area contributed by atoms with Gasteiger partial charge >= 0.3 is 0 Å². The molecule has 4 fully saturated rings. The van der Waals surface area contributed by atoms with Crippen molar-refractivity contribution in [3.63, 3.8) is 0 Å². The Morgan fingerprint density at radius 3 is 2.24 bits per heavy atom. The molecule has 2 unspecified atom stereocenters. The van der Waals surface area contributed by atoms with Crippen LogP contribution in [0.3, 0.4) is 0 Å². The number of aromatic nitrogens is 2. The second-order valence-corrected chi connectivity index (χ2v) is 16.1. The Morgan fingerprint density at radius 1 is 0.959 bits per heavy atom. The van der Waals surface area contributed by atoms with Gasteiger partial charge in [0.1, 0.15) is 23.8 Å². The Hall–Kier alpha value is -3.90. The van der Waals surface area contributed by atoms with E-state index in [0.717, 1.165) is 44.9 Å². The van der Waals surface area contributed by atoms with Gasteiger partial charge in [-0.15, -0.1) is 0 Å². The van der Waals surface area contributed by atoms with Crippen LogP contribution < -0.4 is 21.3 Å². The second-order valence-electron chi connectivity index (χ2n) is 16.1. The molecule has 0 radical (unpaired) electrons. The van der Waals surface area contributed by atoms with Gasteiger partial charge in [-0.1, -0.05) is 67.2 Å². The number of ketones is 1. The summed E-state index contributed by atoms with van der Waals surface area (Å²) in [7, 11) is 0. The van der Waals surface area contributed by atoms with Crippen molar-refractivity contribution in [2.45, 2.75) is 130 Å². The minimum absolute atomic E-state index is 0.00739. The molecule has 0 aromatic carbocycles. The Bertz CT molecular complexity index is 1430. The first-order valence-corrected chi connectivity index (χ1v) is 18.0. The number of nitrogens with zero attached hydrogens (tertiary/aromatic N) is 3. The number of hydrogen-bond donors (Lipinski definition) is 4. The van der Waals surface area contributed by atoms with E-state index in [1.165, 1.54) is 18.6 Å². The molecule has 5 rings (SSSR count). The molecule has 0 bridgehead atoms. The molecule has 13 nitrogen and oxygen atoms in total. The number of carbonyl (C=O) groups excluding carboxylic acids is 6. The van der Waals surface area contributed by atoms with E-state index in [1.54, 1.807) is 4.90 Å². The van der Waals surface area contributed by atoms with Crippen molar-refractivity contribution in [2.24, 2.45) is 28.6 Å². The Labute approximate surface area is 288 Å². The van der Waals surface area contributed by atoms with Crippen LogP contribution in [0.25, 0.3) is 0 Å². The molecule has 0 spiro atoms. The lowest BCUT2D eigenvalue weighted by atomic mass is 9.82. The minimum Gasteiger partial charge on any atom is -0.347 e. The van der Waals surface area contributed by atoms with Gasteiger partial charge in [-0.05, 0) is 60.7 Å². The molecule has 4 aliphatic rings. The third-order valence-corrected chi connectivity index (χ3v) is 11.0. The van der Waals surface area contributed by atoms with Crippen LogP contribution >= 0.6 is 0 Å². The molecule has 3 saturated carbocycles. The fourth-order valence-electron chi connectivity index (χ4n) is 7.81. The second kappa shape index (κ2) is 14.5. The van der Waals surface area contributed by atoms with Crippen molar-refractivity contribution in [2.75, 3.05) is 6.54 Å². The van der Waals surface area contributed by atoms with Gasteiger partial charge in [-0.3, -0.25) is 33.8 Å². The zero-order chi connectivity index (χ0) is 35.7. The Morgan fingerprint density at radius 2 is 1.65 bits per heavy atom. The highest BCUT2D eigenvalue weighted by molar-refractivity contribution is 6.38. The van der Waals surface area contributed by atoms with Gasteiger partial charge in [0.05, 0.1) is 12.2 Å². The molecule has 1 aromatic heterocycles. The average Bonchev–Trinajstić information content (AvgIpc) is 3.92. The van der Waals surface area contributed by atoms with Crippen LogP contribution in [0, 0.1) is 28.6 Å². The predicted octanol–water partition coefficient (Wildman–Crippen LogP) is 2.30. The van der Waals surface area contributed by atoms with Gasteiger partial charge in [0.15, 0.2) is 0 Å². The zero-order valence-corrected chi connectivity index (χ0v) is 29.7. The normalized spacial score (nSPS) is 24.9. The fraction of sp³-hybridized carbons (Fsp3) is 0.722. The van der Waals surface area contributed by atoms with Crippen molar-refractivity contribution in [3.05, 3.63) is 24.3 Å². The van der Waals surface area contributed by atoms with E-state index in [-0.39, 0.29) is 34.9 Å². The van der Waals surface area contributed by atoms with E-state index in [0.29, 0.717) is 19.4 Å². The summed E-state index contributed by atoms with van der Waals surface area (Å²) in [5.74, 6) is -3.38. The molecule has 1 aromatic rings. The summed E-state index contributed by atoms with van der Waals surface area (Å²) in [6.07, 6.45) is 11.2. The molecule has 1 saturated heterocycles. The highest BCUT2D eigenvalue weighted by Gasteiger charge is 2.70.